The van der Waals surface area contributed by atoms with E-state index >= 15 is 0 Å². The minimum absolute atomic E-state index is 0.0894. The zero-order valence-electron chi connectivity index (χ0n) is 12.7. The van der Waals surface area contributed by atoms with Crippen molar-refractivity contribution in [3.05, 3.63) is 78.9 Å². The smallest absolute Gasteiger partial charge is 0.282 e. The first-order valence-corrected chi connectivity index (χ1v) is 8.95. The van der Waals surface area contributed by atoms with Crippen LogP contribution in [0.3, 0.4) is 0 Å². The van der Waals surface area contributed by atoms with Crippen LogP contribution in [0, 0.1) is 0 Å². The summed E-state index contributed by atoms with van der Waals surface area (Å²) in [6.45, 7) is 0. The van der Waals surface area contributed by atoms with Crippen LogP contribution < -0.4 is 0 Å². The van der Waals surface area contributed by atoms with Gasteiger partial charge in [-0.15, -0.1) is 0 Å². The van der Waals surface area contributed by atoms with E-state index in [1.807, 2.05) is 30.3 Å². The van der Waals surface area contributed by atoms with Gasteiger partial charge in [-0.25, -0.2) is 0 Å². The molecule has 0 heterocycles. The van der Waals surface area contributed by atoms with Crippen molar-refractivity contribution in [3.63, 3.8) is 0 Å². The lowest BCUT2D eigenvalue weighted by Gasteiger charge is -2.07. The lowest BCUT2D eigenvalue weighted by molar-refractivity contribution is 0.483. The number of benzene rings is 4. The second kappa shape index (κ2) is 5.44. The van der Waals surface area contributed by atoms with Gasteiger partial charge in [-0.3, -0.25) is 4.55 Å². The van der Waals surface area contributed by atoms with Crippen LogP contribution in [0.1, 0.15) is 0 Å². The topological polar surface area (TPSA) is 54.4 Å². The first-order chi connectivity index (χ1) is 11.5. The Morgan fingerprint density at radius 2 is 1.08 bits per heavy atom. The molecule has 0 fully saturated rings. The van der Waals surface area contributed by atoms with E-state index in [-0.39, 0.29) is 4.90 Å². The van der Waals surface area contributed by atoms with Crippen molar-refractivity contribution >= 4 is 31.7 Å². The summed E-state index contributed by atoms with van der Waals surface area (Å²) in [7, 11) is -4.18. The second-order valence-corrected chi connectivity index (χ2v) is 7.18. The summed E-state index contributed by atoms with van der Waals surface area (Å²) in [5.41, 5.74) is 2.17. The fourth-order valence-corrected chi connectivity index (χ4v) is 3.45. The highest BCUT2D eigenvalue weighted by Crippen LogP contribution is 2.28. The summed E-state index contributed by atoms with van der Waals surface area (Å²) in [6.07, 6.45) is 0. The summed E-state index contributed by atoms with van der Waals surface area (Å²) in [5.74, 6) is 0. The second-order valence-electron chi connectivity index (χ2n) is 5.76. The van der Waals surface area contributed by atoms with Crippen LogP contribution in [0.2, 0.25) is 0 Å². The van der Waals surface area contributed by atoms with E-state index < -0.39 is 10.1 Å². The van der Waals surface area contributed by atoms with E-state index in [1.54, 1.807) is 6.07 Å². The Bertz CT molecular complexity index is 1180. The van der Waals surface area contributed by atoms with Gasteiger partial charge >= 0.3 is 0 Å². The van der Waals surface area contributed by atoms with Crippen LogP contribution in [0.5, 0.6) is 0 Å². The van der Waals surface area contributed by atoms with Gasteiger partial charge in [0.1, 0.15) is 0 Å². The predicted octanol–water partition coefficient (Wildman–Crippen LogP) is 4.91. The van der Waals surface area contributed by atoms with E-state index in [0.717, 1.165) is 21.9 Å². The number of fused-ring (bicyclic) bond motifs is 2. The predicted molar refractivity (Wildman–Crippen MR) is 96.7 cm³/mol. The maximum Gasteiger partial charge on any atom is 0.294 e. The molecule has 0 aliphatic heterocycles. The van der Waals surface area contributed by atoms with Crippen molar-refractivity contribution < 1.29 is 13.0 Å². The Morgan fingerprint density at radius 3 is 1.75 bits per heavy atom. The minimum Gasteiger partial charge on any atom is -0.282 e. The zero-order chi connectivity index (χ0) is 16.7. The van der Waals surface area contributed by atoms with Crippen LogP contribution in [-0.4, -0.2) is 13.0 Å². The van der Waals surface area contributed by atoms with Crippen molar-refractivity contribution in [2.24, 2.45) is 0 Å². The highest BCUT2D eigenvalue weighted by molar-refractivity contribution is 7.85. The molecule has 24 heavy (non-hydrogen) atoms. The molecule has 3 nitrogen and oxygen atoms in total. The molecule has 0 atom stereocenters. The molecule has 4 aromatic carbocycles. The molecule has 1 N–H and O–H groups in total. The fraction of sp³-hybridized carbons (Fsp3) is 0. The van der Waals surface area contributed by atoms with Gasteiger partial charge < -0.3 is 0 Å². The minimum atomic E-state index is -4.18. The molecule has 0 saturated heterocycles. The van der Waals surface area contributed by atoms with Gasteiger partial charge in [0.2, 0.25) is 0 Å². The van der Waals surface area contributed by atoms with Crippen molar-refractivity contribution in [3.8, 4) is 11.1 Å². The summed E-state index contributed by atoms with van der Waals surface area (Å²) < 4.78 is 31.6. The molecule has 0 unspecified atom stereocenters. The monoisotopic (exact) mass is 334 g/mol. The van der Waals surface area contributed by atoms with Crippen molar-refractivity contribution in [2.45, 2.75) is 4.90 Å². The van der Waals surface area contributed by atoms with Crippen LogP contribution in [-0.2, 0) is 10.1 Å². The quantitative estimate of drug-likeness (QED) is 0.530. The van der Waals surface area contributed by atoms with E-state index in [4.69, 9.17) is 4.55 Å². The van der Waals surface area contributed by atoms with Crippen LogP contribution in [0.4, 0.5) is 0 Å². The molecule has 4 heteroatoms. The Balaban J connectivity index is 1.84. The zero-order valence-corrected chi connectivity index (χ0v) is 13.5. The first kappa shape index (κ1) is 14.9. The molecular formula is C20H14O3S. The molecule has 0 radical (unpaired) electrons. The Labute approximate surface area is 139 Å². The summed E-state index contributed by atoms with van der Waals surface area (Å²) in [5, 5.41) is 4.07. The van der Waals surface area contributed by atoms with Gasteiger partial charge in [0, 0.05) is 0 Å². The molecule has 0 bridgehead atoms. The molecule has 4 aromatic rings. The molecule has 0 aliphatic rings. The highest BCUT2D eigenvalue weighted by atomic mass is 32.2. The van der Waals surface area contributed by atoms with Gasteiger partial charge in [0.05, 0.1) is 4.90 Å². The van der Waals surface area contributed by atoms with Gasteiger partial charge in [-0.05, 0) is 56.9 Å². The maximum atomic E-state index is 11.2. The van der Waals surface area contributed by atoms with Gasteiger partial charge in [0.15, 0.2) is 0 Å². The Hall–Kier alpha value is -2.69. The van der Waals surface area contributed by atoms with E-state index in [2.05, 4.69) is 30.3 Å². The molecule has 4 rings (SSSR count). The van der Waals surface area contributed by atoms with Crippen molar-refractivity contribution in [2.75, 3.05) is 0 Å². The Morgan fingerprint density at radius 1 is 0.583 bits per heavy atom. The van der Waals surface area contributed by atoms with E-state index in [0.29, 0.717) is 0 Å². The Kier molecular flexibility index (Phi) is 3.37. The lowest BCUT2D eigenvalue weighted by Crippen LogP contribution is -1.97. The molecule has 0 aromatic heterocycles. The van der Waals surface area contributed by atoms with Gasteiger partial charge in [-0.1, -0.05) is 54.6 Å². The molecule has 118 valence electrons. The molecule has 0 saturated carbocycles. The highest BCUT2D eigenvalue weighted by Gasteiger charge is 2.10. The number of rotatable bonds is 2. The summed E-state index contributed by atoms with van der Waals surface area (Å²) in [6, 6.07) is 25.0. The normalized spacial score (nSPS) is 11.9. The third kappa shape index (κ3) is 2.66. The third-order valence-electron chi connectivity index (χ3n) is 4.19. The molecular weight excluding hydrogens is 320 g/mol. The average molecular weight is 334 g/mol. The standard InChI is InChI=1S/C20H14O3S/c21-24(22,23)20-10-9-18-12-17(7-8-19(18)13-20)16-6-5-14-3-1-2-4-15(14)11-16/h1-13H,(H,21,22,23). The molecule has 0 spiro atoms. The molecule has 0 amide bonds. The van der Waals surface area contributed by atoms with E-state index in [1.165, 1.54) is 22.9 Å². The maximum absolute atomic E-state index is 11.2. The van der Waals surface area contributed by atoms with Crippen LogP contribution in [0.25, 0.3) is 32.7 Å². The summed E-state index contributed by atoms with van der Waals surface area (Å²) in [4.78, 5) is -0.0894. The number of hydrogen-bond donors (Lipinski definition) is 1. The van der Waals surface area contributed by atoms with Crippen LogP contribution >= 0.6 is 0 Å². The van der Waals surface area contributed by atoms with E-state index in [9.17, 15) is 8.42 Å². The largest absolute Gasteiger partial charge is 0.294 e. The fourth-order valence-electron chi connectivity index (χ4n) is 2.93. The summed E-state index contributed by atoms with van der Waals surface area (Å²) >= 11 is 0. The van der Waals surface area contributed by atoms with Gasteiger partial charge in [0.25, 0.3) is 10.1 Å². The van der Waals surface area contributed by atoms with Crippen molar-refractivity contribution in [1.29, 1.82) is 0 Å². The average Bonchev–Trinajstić information content (AvgIpc) is 2.59. The first-order valence-electron chi connectivity index (χ1n) is 7.51. The van der Waals surface area contributed by atoms with Gasteiger partial charge in [-0.2, -0.15) is 8.42 Å². The third-order valence-corrected chi connectivity index (χ3v) is 5.04. The lowest BCUT2D eigenvalue weighted by atomic mass is 9.99. The molecule has 0 aliphatic carbocycles. The SMILES string of the molecule is O=S(=O)(O)c1ccc2cc(-c3ccc4ccccc4c3)ccc2c1. The van der Waals surface area contributed by atoms with Crippen LogP contribution in [0.15, 0.2) is 83.8 Å². The number of hydrogen-bond acceptors (Lipinski definition) is 2. The van der Waals surface area contributed by atoms with Crippen molar-refractivity contribution in [1.82, 2.24) is 0 Å².